The molecular weight excluding hydrogens is 711 g/mol. The van der Waals surface area contributed by atoms with E-state index in [1.165, 1.54) is 18.2 Å². The maximum Gasteiger partial charge on any atom is 0.351 e. The number of aromatic hydroxyl groups is 1. The predicted octanol–water partition coefficient (Wildman–Crippen LogP) is 2.91. The van der Waals surface area contributed by atoms with Gasteiger partial charge in [0.25, 0.3) is 30.4 Å². The van der Waals surface area contributed by atoms with Crippen LogP contribution < -0.4 is 15.9 Å². The molecule has 0 bridgehead atoms. The Morgan fingerprint density at radius 3 is 2.22 bits per heavy atom. The predicted molar refractivity (Wildman–Crippen MR) is 172 cm³/mol. The third kappa shape index (κ3) is 6.91. The first-order valence-electron chi connectivity index (χ1n) is 13.8. The molecule has 0 amide bonds. The van der Waals surface area contributed by atoms with Gasteiger partial charge in [-0.25, -0.2) is 4.79 Å². The summed E-state index contributed by atoms with van der Waals surface area (Å²) in [5.74, 6) is -1.37. The summed E-state index contributed by atoms with van der Waals surface area (Å²) in [4.78, 5) is 21.9. The number of aromatic nitrogens is 3. The van der Waals surface area contributed by atoms with E-state index in [0.717, 1.165) is 18.2 Å². The molecule has 0 spiro atoms. The summed E-state index contributed by atoms with van der Waals surface area (Å²) in [6, 6.07) is 11.0. The van der Waals surface area contributed by atoms with Crippen molar-refractivity contribution >= 4 is 80.9 Å². The van der Waals surface area contributed by atoms with Crippen LogP contribution in [0.25, 0.3) is 21.5 Å². The molecule has 1 aliphatic heterocycles. The number of nitrogens with one attached hydrogen (secondary N) is 2. The fourth-order valence-corrected chi connectivity index (χ4v) is 7.19. The van der Waals surface area contributed by atoms with Crippen molar-refractivity contribution in [2.75, 3.05) is 36.5 Å². The molecule has 0 radical (unpaired) electrons. The molecule has 0 atom stereocenters. The molecule has 1 fully saturated rings. The van der Waals surface area contributed by atoms with Gasteiger partial charge in [0.1, 0.15) is 21.2 Å². The summed E-state index contributed by atoms with van der Waals surface area (Å²) in [5, 5.41) is 21.3. The number of azo groups is 1. The molecule has 6 rings (SSSR count). The highest BCUT2D eigenvalue weighted by atomic mass is 32.2. The first kappa shape index (κ1) is 33.8. The van der Waals surface area contributed by atoms with Gasteiger partial charge in [-0.05, 0) is 35.0 Å². The van der Waals surface area contributed by atoms with Crippen molar-refractivity contribution in [2.45, 2.75) is 14.7 Å². The summed E-state index contributed by atoms with van der Waals surface area (Å²) in [6.45, 7) is 1.33. The number of morpholine rings is 1. The van der Waals surface area contributed by atoms with Crippen molar-refractivity contribution in [2.24, 2.45) is 10.2 Å². The van der Waals surface area contributed by atoms with Crippen LogP contribution in [0, 0.1) is 0 Å². The lowest BCUT2D eigenvalue weighted by atomic mass is 10.1. The second kappa shape index (κ2) is 12.4. The number of rotatable bonds is 8. The number of H-pyrrole nitrogens is 1. The Bertz CT molecular complexity index is 2590. The number of benzene rings is 4. The molecule has 0 saturated carbocycles. The van der Waals surface area contributed by atoms with E-state index in [4.69, 9.17) is 4.74 Å². The second-order valence-electron chi connectivity index (χ2n) is 10.4. The standard InChI is InChI=1S/C27H23N7O12S3/c35-23-21-15(11-16(47(37,38)39)13-19(21)28-25-29-26(31-27(36)30-25)34-7-9-46-10-8-34)12-20(48(40,41)42)22(23)33-32-18-6-5-14-3-1-2-4-17(14)24(18)49(43,44)45/h1-6,11-13,35H,7-10H2,(H,37,38,39)(H,40,41,42)(H,43,44,45)(H2,28,29,30,31,36). The van der Waals surface area contributed by atoms with Crippen LogP contribution in [0.1, 0.15) is 0 Å². The van der Waals surface area contributed by atoms with Crippen LogP contribution in [0.3, 0.4) is 0 Å². The number of ether oxygens (including phenoxy) is 1. The van der Waals surface area contributed by atoms with Gasteiger partial charge in [-0.15, -0.1) is 10.2 Å². The number of hydrogen-bond acceptors (Lipinski definition) is 15. The number of nitrogens with zero attached hydrogens (tertiary/aromatic N) is 5. The van der Waals surface area contributed by atoms with E-state index in [9.17, 15) is 48.8 Å². The second-order valence-corrected chi connectivity index (χ2v) is 14.6. The van der Waals surface area contributed by atoms with Crippen LogP contribution in [0.15, 0.2) is 84.3 Å². The molecule has 2 heterocycles. The lowest BCUT2D eigenvalue weighted by molar-refractivity contribution is 0.122. The first-order valence-corrected chi connectivity index (χ1v) is 18.1. The van der Waals surface area contributed by atoms with E-state index in [2.05, 4.69) is 30.5 Å². The quantitative estimate of drug-likeness (QED) is 0.0987. The molecule has 4 aromatic carbocycles. The van der Waals surface area contributed by atoms with Crippen molar-refractivity contribution in [3.63, 3.8) is 0 Å². The Morgan fingerprint density at radius 2 is 1.55 bits per heavy atom. The lowest BCUT2D eigenvalue weighted by Crippen LogP contribution is -2.38. The van der Waals surface area contributed by atoms with Gasteiger partial charge in [0, 0.05) is 23.9 Å². The maximum atomic E-state index is 12.5. The highest BCUT2D eigenvalue weighted by Crippen LogP contribution is 2.46. The lowest BCUT2D eigenvalue weighted by Gasteiger charge is -2.26. The van der Waals surface area contributed by atoms with Crippen LogP contribution >= 0.6 is 0 Å². The highest BCUT2D eigenvalue weighted by Gasteiger charge is 2.27. The third-order valence-corrected chi connectivity index (χ3v) is 9.90. The van der Waals surface area contributed by atoms with Crippen LogP contribution in [0.4, 0.5) is 29.0 Å². The molecule has 1 aromatic heterocycles. The Labute approximate surface area is 276 Å². The number of fused-ring (bicyclic) bond motifs is 2. The molecule has 19 nitrogen and oxygen atoms in total. The van der Waals surface area contributed by atoms with Gasteiger partial charge in [-0.3, -0.25) is 18.6 Å². The van der Waals surface area contributed by atoms with Crippen LogP contribution in [0.2, 0.25) is 0 Å². The number of anilines is 3. The van der Waals surface area contributed by atoms with Gasteiger partial charge in [0.2, 0.25) is 11.9 Å². The maximum absolute atomic E-state index is 12.5. The molecule has 1 saturated heterocycles. The molecule has 256 valence electrons. The largest absolute Gasteiger partial charge is 0.505 e. The summed E-state index contributed by atoms with van der Waals surface area (Å²) < 4.78 is 109. The Balaban J connectivity index is 1.58. The molecule has 0 aliphatic carbocycles. The van der Waals surface area contributed by atoms with E-state index in [0.29, 0.717) is 37.8 Å². The van der Waals surface area contributed by atoms with Gasteiger partial charge in [0.15, 0.2) is 5.75 Å². The minimum atomic E-state index is -5.27. The Morgan fingerprint density at radius 1 is 0.837 bits per heavy atom. The number of phenolic OH excluding ortho intramolecular Hbond substituents is 1. The minimum absolute atomic E-state index is 0.0258. The molecular formula is C27H23N7O12S3. The van der Waals surface area contributed by atoms with Crippen molar-refractivity contribution in [3.05, 3.63) is 65.1 Å². The van der Waals surface area contributed by atoms with E-state index in [1.807, 2.05) is 0 Å². The SMILES string of the molecule is O=c1nc(N2CCOCC2)nc(Nc2cc(S(=O)(=O)O)cc3cc(S(=O)(=O)O)c(N=Nc4ccc5ccccc5c4S(=O)(=O)O)c(O)c23)[nH]1. The fraction of sp³-hybridized carbons (Fsp3) is 0.148. The van der Waals surface area contributed by atoms with Gasteiger partial charge in [0.05, 0.1) is 23.8 Å². The number of phenols is 1. The zero-order valence-electron chi connectivity index (χ0n) is 24.5. The number of hydrogen-bond donors (Lipinski definition) is 6. The van der Waals surface area contributed by atoms with Gasteiger partial charge in [-0.1, -0.05) is 30.3 Å². The van der Waals surface area contributed by atoms with Crippen LogP contribution in [-0.2, 0) is 35.1 Å². The number of aromatic amines is 1. The van der Waals surface area contributed by atoms with Gasteiger partial charge < -0.3 is 20.1 Å². The smallest absolute Gasteiger partial charge is 0.351 e. The van der Waals surface area contributed by atoms with E-state index in [1.54, 1.807) is 17.0 Å². The third-order valence-electron chi connectivity index (χ3n) is 7.26. The summed E-state index contributed by atoms with van der Waals surface area (Å²) in [6.07, 6.45) is 0. The molecule has 1 aliphatic rings. The fourth-order valence-electron chi connectivity index (χ4n) is 5.15. The molecule has 0 unspecified atom stereocenters. The van der Waals surface area contributed by atoms with Gasteiger partial charge in [-0.2, -0.15) is 35.2 Å². The minimum Gasteiger partial charge on any atom is -0.505 e. The summed E-state index contributed by atoms with van der Waals surface area (Å²) in [5.41, 5.74) is -2.65. The van der Waals surface area contributed by atoms with E-state index >= 15 is 0 Å². The van der Waals surface area contributed by atoms with Gasteiger partial charge >= 0.3 is 5.69 Å². The summed E-state index contributed by atoms with van der Waals surface area (Å²) in [7, 11) is -15.2. The zero-order valence-corrected chi connectivity index (χ0v) is 27.0. The van der Waals surface area contributed by atoms with Crippen molar-refractivity contribution in [1.29, 1.82) is 0 Å². The van der Waals surface area contributed by atoms with Crippen molar-refractivity contribution in [1.82, 2.24) is 15.0 Å². The first-order chi connectivity index (χ1) is 23.0. The highest BCUT2D eigenvalue weighted by molar-refractivity contribution is 7.86. The average Bonchev–Trinajstić information content (AvgIpc) is 3.02. The van der Waals surface area contributed by atoms with Crippen LogP contribution in [-0.4, -0.2) is 85.3 Å². The Kier molecular flexibility index (Phi) is 8.56. The van der Waals surface area contributed by atoms with Crippen LogP contribution in [0.5, 0.6) is 5.75 Å². The van der Waals surface area contributed by atoms with Crippen molar-refractivity contribution < 1.29 is 48.8 Å². The summed E-state index contributed by atoms with van der Waals surface area (Å²) >= 11 is 0. The monoisotopic (exact) mass is 733 g/mol. The van der Waals surface area contributed by atoms with Crippen molar-refractivity contribution in [3.8, 4) is 5.75 Å². The molecule has 49 heavy (non-hydrogen) atoms. The Hall–Kier alpha value is -5.10. The average molecular weight is 734 g/mol. The molecule has 22 heteroatoms. The molecule has 5 aromatic rings. The van der Waals surface area contributed by atoms with E-state index < -0.39 is 67.9 Å². The topological polar surface area (TPSA) is 291 Å². The van der Waals surface area contributed by atoms with E-state index in [-0.39, 0.29) is 33.7 Å². The zero-order chi connectivity index (χ0) is 35.3. The molecule has 6 N–H and O–H groups in total. The normalized spacial score (nSPS) is 14.6.